The number of nitrogen functional groups attached to an aromatic ring is 1. The highest BCUT2D eigenvalue weighted by molar-refractivity contribution is 5.94. The van der Waals surface area contributed by atoms with Gasteiger partial charge in [0.25, 0.3) is 0 Å². The van der Waals surface area contributed by atoms with Gasteiger partial charge < -0.3 is 21.1 Å². The van der Waals surface area contributed by atoms with Crippen LogP contribution in [-0.2, 0) is 4.79 Å². The summed E-state index contributed by atoms with van der Waals surface area (Å²) in [6, 6.07) is 10.7. The number of carbonyl (C=O) groups excluding carboxylic acids is 1. The van der Waals surface area contributed by atoms with E-state index in [1.54, 1.807) is 23.2 Å². The molecule has 8 nitrogen and oxygen atoms in total. The molecule has 1 fully saturated rings. The number of urea groups is 1. The zero-order chi connectivity index (χ0) is 18.7. The van der Waals surface area contributed by atoms with E-state index in [9.17, 15) is 9.59 Å². The summed E-state index contributed by atoms with van der Waals surface area (Å²) in [6.45, 7) is 0.616. The van der Waals surface area contributed by atoms with Crippen LogP contribution < -0.4 is 11.1 Å². The van der Waals surface area contributed by atoms with Gasteiger partial charge >= 0.3 is 12.0 Å². The molecule has 0 spiro atoms. The summed E-state index contributed by atoms with van der Waals surface area (Å²) < 4.78 is 0. The van der Waals surface area contributed by atoms with Gasteiger partial charge in [0.2, 0.25) is 0 Å². The van der Waals surface area contributed by atoms with Gasteiger partial charge in [-0.3, -0.25) is 15.2 Å². The number of nitrogens with zero attached hydrogens (tertiary/aromatic N) is 2. The second kappa shape index (κ2) is 7.22. The van der Waals surface area contributed by atoms with Crippen LogP contribution in [0.15, 0.2) is 42.6 Å². The Kier molecular flexibility index (Phi) is 4.83. The van der Waals surface area contributed by atoms with Crippen molar-refractivity contribution >= 4 is 17.8 Å². The fourth-order valence-corrected chi connectivity index (χ4v) is 2.91. The van der Waals surface area contributed by atoms with E-state index in [1.807, 2.05) is 24.3 Å². The summed E-state index contributed by atoms with van der Waals surface area (Å²) >= 11 is 0. The second-order valence-electron chi connectivity index (χ2n) is 6.01. The van der Waals surface area contributed by atoms with Crippen molar-refractivity contribution in [1.82, 2.24) is 15.2 Å². The van der Waals surface area contributed by atoms with Gasteiger partial charge in [-0.05, 0) is 17.7 Å². The van der Waals surface area contributed by atoms with Crippen molar-refractivity contribution < 1.29 is 14.7 Å². The number of pyridine rings is 1. The first kappa shape index (κ1) is 17.4. The number of rotatable bonds is 6. The predicted octanol–water partition coefficient (Wildman–Crippen LogP) is 1.57. The highest BCUT2D eigenvalue weighted by atomic mass is 16.4. The summed E-state index contributed by atoms with van der Waals surface area (Å²) in [4.78, 5) is 28.6. The van der Waals surface area contributed by atoms with Crippen LogP contribution in [0.3, 0.4) is 0 Å². The molecular weight excluding hydrogens is 334 g/mol. The van der Waals surface area contributed by atoms with Gasteiger partial charge in [0.15, 0.2) is 0 Å². The molecule has 2 aromatic rings. The van der Waals surface area contributed by atoms with Crippen molar-refractivity contribution in [3.63, 3.8) is 0 Å². The molecule has 1 aliphatic rings. The zero-order valence-electron chi connectivity index (χ0n) is 14.0. The van der Waals surface area contributed by atoms with Gasteiger partial charge in [-0.25, -0.2) is 4.79 Å². The van der Waals surface area contributed by atoms with Gasteiger partial charge in [-0.15, -0.1) is 0 Å². The summed E-state index contributed by atoms with van der Waals surface area (Å²) in [6.07, 6.45) is 1.47. The maximum absolute atomic E-state index is 11.9. The minimum absolute atomic E-state index is 0.0285. The Morgan fingerprint density at radius 2 is 2.04 bits per heavy atom. The van der Waals surface area contributed by atoms with E-state index >= 15 is 0 Å². The highest BCUT2D eigenvalue weighted by Crippen LogP contribution is 2.27. The van der Waals surface area contributed by atoms with Crippen LogP contribution in [0.5, 0.6) is 0 Å². The Labute approximate surface area is 150 Å². The number of aliphatic carboxylic acids is 1. The molecule has 1 aliphatic heterocycles. The van der Waals surface area contributed by atoms with Crippen molar-refractivity contribution in [2.45, 2.75) is 12.5 Å². The number of nitrogens with two attached hydrogens (primary N) is 1. The van der Waals surface area contributed by atoms with Crippen molar-refractivity contribution in [2.75, 3.05) is 13.1 Å². The molecule has 1 unspecified atom stereocenters. The first-order valence-corrected chi connectivity index (χ1v) is 8.13. The van der Waals surface area contributed by atoms with Gasteiger partial charge in [-0.2, -0.15) is 0 Å². The number of benzene rings is 1. The number of carboxylic acids is 1. The third-order valence-corrected chi connectivity index (χ3v) is 4.32. The van der Waals surface area contributed by atoms with Crippen molar-refractivity contribution in [3.8, 4) is 11.3 Å². The van der Waals surface area contributed by atoms with E-state index in [0.29, 0.717) is 12.1 Å². The molecule has 0 saturated carbocycles. The largest absolute Gasteiger partial charge is 0.481 e. The Morgan fingerprint density at radius 1 is 1.31 bits per heavy atom. The van der Waals surface area contributed by atoms with E-state index < -0.39 is 5.97 Å². The van der Waals surface area contributed by atoms with Crippen LogP contribution >= 0.6 is 0 Å². The van der Waals surface area contributed by atoms with Crippen molar-refractivity contribution in [2.24, 2.45) is 5.73 Å². The first-order valence-electron chi connectivity index (χ1n) is 8.13. The molecule has 3 rings (SSSR count). The van der Waals surface area contributed by atoms with Gasteiger partial charge in [0.1, 0.15) is 5.84 Å². The predicted molar refractivity (Wildman–Crippen MR) is 95.8 cm³/mol. The van der Waals surface area contributed by atoms with Crippen molar-refractivity contribution in [3.05, 3.63) is 53.7 Å². The molecule has 1 saturated heterocycles. The molecule has 1 atom stereocenters. The fourth-order valence-electron chi connectivity index (χ4n) is 2.91. The zero-order valence-corrected chi connectivity index (χ0v) is 14.0. The number of hydrogen-bond acceptors (Lipinski definition) is 4. The van der Waals surface area contributed by atoms with Crippen LogP contribution in [0.4, 0.5) is 4.79 Å². The van der Waals surface area contributed by atoms with E-state index in [4.69, 9.17) is 16.2 Å². The Bertz CT molecular complexity index is 833. The van der Waals surface area contributed by atoms with Crippen LogP contribution in [0, 0.1) is 5.41 Å². The smallest absolute Gasteiger partial charge is 0.318 e. The summed E-state index contributed by atoms with van der Waals surface area (Å²) in [5.41, 5.74) is 8.58. The minimum atomic E-state index is -0.932. The van der Waals surface area contributed by atoms with Gasteiger partial charge in [-0.1, -0.05) is 24.3 Å². The van der Waals surface area contributed by atoms with E-state index in [2.05, 4.69) is 10.3 Å². The molecule has 26 heavy (non-hydrogen) atoms. The number of amidine groups is 1. The Balaban J connectivity index is 1.77. The quantitative estimate of drug-likeness (QED) is 0.462. The number of carbonyl (C=O) groups is 2. The normalized spacial score (nSPS) is 16.4. The van der Waals surface area contributed by atoms with Crippen molar-refractivity contribution in [1.29, 1.82) is 5.41 Å². The number of nitrogens with one attached hydrogen (secondary N) is 2. The molecular formula is C18H19N5O3. The average Bonchev–Trinajstić information content (AvgIpc) is 3.01. The molecule has 8 heteroatoms. The fraction of sp³-hybridized carbons (Fsp3) is 0.222. The second-order valence-corrected chi connectivity index (χ2v) is 6.01. The standard InChI is InChI=1S/C18H19N5O3/c19-17(20)13-5-6-14(21-9-13)11-1-3-12(4-2-11)15-10-22-18(26)23(15)8-7-16(24)25/h1-6,9,15H,7-8,10H2,(H3,19,20)(H,22,26)(H,24,25). The van der Waals surface area contributed by atoms with Crippen LogP contribution in [-0.4, -0.2) is 45.9 Å². The lowest BCUT2D eigenvalue weighted by atomic mass is 10.0. The third-order valence-electron chi connectivity index (χ3n) is 4.32. The number of hydrogen-bond donors (Lipinski definition) is 4. The van der Waals surface area contributed by atoms with E-state index in [-0.39, 0.29) is 30.9 Å². The lowest BCUT2D eigenvalue weighted by molar-refractivity contribution is -0.137. The molecule has 134 valence electrons. The maximum Gasteiger partial charge on any atom is 0.318 e. The lowest BCUT2D eigenvalue weighted by Crippen LogP contribution is -2.31. The molecule has 0 aliphatic carbocycles. The van der Waals surface area contributed by atoms with Crippen LogP contribution in [0.1, 0.15) is 23.6 Å². The number of carboxylic acid groups (broad SMARTS) is 1. The van der Waals surface area contributed by atoms with Crippen LogP contribution in [0.25, 0.3) is 11.3 Å². The number of aromatic nitrogens is 1. The molecule has 1 aromatic carbocycles. The summed E-state index contributed by atoms with van der Waals surface area (Å²) in [7, 11) is 0. The Morgan fingerprint density at radius 3 is 2.62 bits per heavy atom. The van der Waals surface area contributed by atoms with Crippen LogP contribution in [0.2, 0.25) is 0 Å². The van der Waals surface area contributed by atoms with E-state index in [1.165, 1.54) is 0 Å². The monoisotopic (exact) mass is 353 g/mol. The first-order chi connectivity index (χ1) is 12.5. The van der Waals surface area contributed by atoms with Gasteiger partial charge in [0, 0.05) is 30.4 Å². The minimum Gasteiger partial charge on any atom is -0.481 e. The SMILES string of the molecule is N=C(N)c1ccc(-c2ccc(C3CNC(=O)N3CCC(=O)O)cc2)nc1. The molecule has 0 bridgehead atoms. The molecule has 1 aromatic heterocycles. The average molecular weight is 353 g/mol. The molecule has 2 heterocycles. The molecule has 5 N–H and O–H groups in total. The third kappa shape index (κ3) is 3.64. The summed E-state index contributed by atoms with van der Waals surface area (Å²) in [5, 5.41) is 19.0. The topological polar surface area (TPSA) is 132 Å². The lowest BCUT2D eigenvalue weighted by Gasteiger charge is -2.22. The molecule has 2 amide bonds. The number of amides is 2. The van der Waals surface area contributed by atoms with Gasteiger partial charge in [0.05, 0.1) is 18.2 Å². The maximum atomic E-state index is 11.9. The highest BCUT2D eigenvalue weighted by Gasteiger charge is 2.31. The molecule has 0 radical (unpaired) electrons. The summed E-state index contributed by atoms with van der Waals surface area (Å²) in [5.74, 6) is -0.960. The Hall–Kier alpha value is -3.42. The van der Waals surface area contributed by atoms with E-state index in [0.717, 1.165) is 16.8 Å².